The number of furan rings is 1. The smallest absolute Gasteiger partial charge is 0.252 e. The van der Waals surface area contributed by atoms with Crippen molar-refractivity contribution in [2.75, 3.05) is 6.54 Å². The molecular weight excluding hydrogens is 417 g/mol. The first-order valence-electron chi connectivity index (χ1n) is 9.50. The van der Waals surface area contributed by atoms with Crippen LogP contribution in [-0.4, -0.2) is 22.4 Å². The summed E-state index contributed by atoms with van der Waals surface area (Å²) >= 11 is 1.32. The number of carbonyl (C=O) groups is 1. The van der Waals surface area contributed by atoms with E-state index in [9.17, 15) is 9.18 Å². The Hall–Kier alpha value is -3.65. The Kier molecular flexibility index (Phi) is 6.59. The van der Waals surface area contributed by atoms with E-state index in [1.807, 2.05) is 12.1 Å². The second kappa shape index (κ2) is 9.90. The van der Waals surface area contributed by atoms with Gasteiger partial charge in [-0.2, -0.15) is 0 Å². The van der Waals surface area contributed by atoms with Gasteiger partial charge in [0.2, 0.25) is 0 Å². The quantitative estimate of drug-likeness (QED) is 0.414. The molecule has 0 aliphatic carbocycles. The van der Waals surface area contributed by atoms with Crippen molar-refractivity contribution in [2.45, 2.75) is 16.3 Å². The van der Waals surface area contributed by atoms with Gasteiger partial charge in [0.1, 0.15) is 17.3 Å². The Morgan fingerprint density at radius 1 is 1.03 bits per heavy atom. The molecule has 0 aliphatic rings. The minimum absolute atomic E-state index is 0.176. The highest BCUT2D eigenvalue weighted by Crippen LogP contribution is 2.33. The molecule has 156 valence electrons. The molecule has 0 bridgehead atoms. The van der Waals surface area contributed by atoms with Crippen molar-refractivity contribution in [1.82, 2.24) is 15.3 Å². The molecule has 0 atom stereocenters. The van der Waals surface area contributed by atoms with Crippen LogP contribution in [0.1, 0.15) is 16.1 Å². The third-order valence-electron chi connectivity index (χ3n) is 4.23. The van der Waals surface area contributed by atoms with E-state index in [0.29, 0.717) is 35.2 Å². The average Bonchev–Trinajstić information content (AvgIpc) is 3.31. The Morgan fingerprint density at radius 3 is 2.55 bits per heavy atom. The van der Waals surface area contributed by atoms with Gasteiger partial charge in [-0.25, -0.2) is 14.4 Å². The number of rotatable bonds is 8. The lowest BCUT2D eigenvalue weighted by molar-refractivity contribution is 0.0953. The number of amides is 1. The van der Waals surface area contributed by atoms with E-state index in [4.69, 9.17) is 9.15 Å². The highest BCUT2D eigenvalue weighted by Gasteiger charge is 2.11. The van der Waals surface area contributed by atoms with E-state index in [1.54, 1.807) is 48.9 Å². The van der Waals surface area contributed by atoms with E-state index in [0.717, 1.165) is 10.7 Å². The van der Waals surface area contributed by atoms with Crippen molar-refractivity contribution in [3.8, 4) is 11.6 Å². The van der Waals surface area contributed by atoms with Crippen LogP contribution in [0.2, 0.25) is 0 Å². The van der Waals surface area contributed by atoms with Gasteiger partial charge in [-0.15, -0.1) is 0 Å². The molecular formula is C23H18FN3O3S. The summed E-state index contributed by atoms with van der Waals surface area (Å²) in [6, 6.07) is 16.5. The molecule has 1 N–H and O–H groups in total. The van der Waals surface area contributed by atoms with E-state index in [2.05, 4.69) is 15.3 Å². The minimum atomic E-state index is -0.301. The molecule has 0 radical (unpaired) electrons. The zero-order valence-electron chi connectivity index (χ0n) is 16.3. The molecule has 4 rings (SSSR count). The second-order valence-electron chi connectivity index (χ2n) is 6.43. The van der Waals surface area contributed by atoms with E-state index in [-0.39, 0.29) is 11.7 Å². The maximum absolute atomic E-state index is 13.1. The Morgan fingerprint density at radius 2 is 1.81 bits per heavy atom. The largest absolute Gasteiger partial charge is 0.469 e. The maximum Gasteiger partial charge on any atom is 0.252 e. The summed E-state index contributed by atoms with van der Waals surface area (Å²) in [4.78, 5) is 21.6. The normalized spacial score (nSPS) is 10.6. The molecule has 6 nitrogen and oxygen atoms in total. The van der Waals surface area contributed by atoms with Crippen molar-refractivity contribution in [2.24, 2.45) is 0 Å². The summed E-state index contributed by atoms with van der Waals surface area (Å²) in [6.45, 7) is 0.480. The number of aromatic nitrogens is 2. The van der Waals surface area contributed by atoms with Crippen LogP contribution in [0, 0.1) is 5.82 Å². The fourth-order valence-electron chi connectivity index (χ4n) is 2.71. The first kappa shape index (κ1) is 20.6. The van der Waals surface area contributed by atoms with E-state index < -0.39 is 0 Å². The van der Waals surface area contributed by atoms with Gasteiger partial charge in [-0.1, -0.05) is 11.8 Å². The van der Waals surface area contributed by atoms with Gasteiger partial charge >= 0.3 is 0 Å². The molecule has 1 amide bonds. The molecule has 2 aromatic heterocycles. The zero-order valence-corrected chi connectivity index (χ0v) is 17.1. The monoisotopic (exact) mass is 435 g/mol. The van der Waals surface area contributed by atoms with Crippen LogP contribution in [0.3, 0.4) is 0 Å². The van der Waals surface area contributed by atoms with Gasteiger partial charge in [-0.3, -0.25) is 4.79 Å². The van der Waals surface area contributed by atoms with Crippen molar-refractivity contribution < 1.29 is 18.3 Å². The predicted octanol–water partition coefficient (Wildman–Crippen LogP) is 5.12. The van der Waals surface area contributed by atoms with Crippen LogP contribution in [0.5, 0.6) is 11.6 Å². The lowest BCUT2D eigenvalue weighted by Crippen LogP contribution is -2.25. The van der Waals surface area contributed by atoms with Crippen molar-refractivity contribution in [1.29, 1.82) is 0 Å². The summed E-state index contributed by atoms with van der Waals surface area (Å²) in [5.41, 5.74) is 0.520. The van der Waals surface area contributed by atoms with Gasteiger partial charge in [-0.05, 0) is 60.7 Å². The number of hydrogen-bond acceptors (Lipinski definition) is 6. The molecule has 0 aliphatic heterocycles. The van der Waals surface area contributed by atoms with Gasteiger partial charge in [0, 0.05) is 35.8 Å². The maximum atomic E-state index is 13.1. The number of nitrogens with zero attached hydrogens (tertiary/aromatic N) is 2. The molecule has 0 saturated heterocycles. The molecule has 2 aromatic carbocycles. The van der Waals surface area contributed by atoms with E-state index >= 15 is 0 Å². The Balaban J connectivity index is 1.37. The van der Waals surface area contributed by atoms with Crippen LogP contribution in [0.25, 0.3) is 0 Å². The Labute approximate surface area is 182 Å². The molecule has 0 fully saturated rings. The molecule has 0 spiro atoms. The molecule has 0 unspecified atom stereocenters. The first-order chi connectivity index (χ1) is 15.2. The Bertz CT molecular complexity index is 1130. The molecule has 8 heteroatoms. The third-order valence-corrected chi connectivity index (χ3v) is 5.21. The van der Waals surface area contributed by atoms with Crippen molar-refractivity contribution in [3.63, 3.8) is 0 Å². The molecule has 2 heterocycles. The summed E-state index contributed by atoms with van der Waals surface area (Å²) < 4.78 is 24.2. The highest BCUT2D eigenvalue weighted by atomic mass is 32.2. The summed E-state index contributed by atoms with van der Waals surface area (Å²) in [6.07, 6.45) is 5.33. The third kappa shape index (κ3) is 5.70. The number of carbonyl (C=O) groups excluding carboxylic acids is 1. The predicted molar refractivity (Wildman–Crippen MR) is 114 cm³/mol. The number of hydrogen-bond donors (Lipinski definition) is 1. The number of halogens is 1. The van der Waals surface area contributed by atoms with Crippen LogP contribution < -0.4 is 10.1 Å². The lowest BCUT2D eigenvalue weighted by atomic mass is 10.2. The molecule has 31 heavy (non-hydrogen) atoms. The standard InChI is InChI=1S/C23H18FN3O3S/c24-17-5-9-20(10-6-17)31-23-22(26-13-14-27-23)30-19-7-3-16(4-8-19)21(28)25-12-11-18-2-1-15-29-18/h1-10,13-15H,11-12H2,(H,25,28). The van der Waals surface area contributed by atoms with Gasteiger partial charge in [0.25, 0.3) is 11.8 Å². The zero-order chi connectivity index (χ0) is 21.5. The SMILES string of the molecule is O=C(NCCc1ccco1)c1ccc(Oc2nccnc2Sc2ccc(F)cc2)cc1. The second-order valence-corrected chi connectivity index (χ2v) is 7.50. The number of ether oxygens (including phenoxy) is 1. The highest BCUT2D eigenvalue weighted by molar-refractivity contribution is 7.99. The molecule has 0 saturated carbocycles. The summed E-state index contributed by atoms with van der Waals surface area (Å²) in [7, 11) is 0. The fourth-order valence-corrected chi connectivity index (χ4v) is 3.50. The van der Waals surface area contributed by atoms with Crippen molar-refractivity contribution in [3.05, 3.63) is 96.5 Å². The summed E-state index contributed by atoms with van der Waals surface area (Å²) in [5.74, 6) is 1.19. The van der Waals surface area contributed by atoms with Gasteiger partial charge in [0.05, 0.1) is 6.26 Å². The molecule has 4 aromatic rings. The van der Waals surface area contributed by atoms with Crippen LogP contribution >= 0.6 is 11.8 Å². The minimum Gasteiger partial charge on any atom is -0.469 e. The topological polar surface area (TPSA) is 77.2 Å². The number of benzene rings is 2. The first-order valence-corrected chi connectivity index (χ1v) is 10.3. The summed E-state index contributed by atoms with van der Waals surface area (Å²) in [5, 5.41) is 3.40. The van der Waals surface area contributed by atoms with Crippen LogP contribution in [0.15, 0.2) is 93.7 Å². The lowest BCUT2D eigenvalue weighted by Gasteiger charge is -2.09. The van der Waals surface area contributed by atoms with E-state index in [1.165, 1.54) is 30.1 Å². The van der Waals surface area contributed by atoms with Crippen LogP contribution in [0.4, 0.5) is 4.39 Å². The van der Waals surface area contributed by atoms with Crippen molar-refractivity contribution >= 4 is 17.7 Å². The average molecular weight is 435 g/mol. The number of nitrogens with one attached hydrogen (secondary N) is 1. The fraction of sp³-hybridized carbons (Fsp3) is 0.0870. The van der Waals surface area contributed by atoms with Gasteiger partial charge in [0.15, 0.2) is 5.03 Å². The van der Waals surface area contributed by atoms with Gasteiger partial charge < -0.3 is 14.5 Å². The van der Waals surface area contributed by atoms with Crippen LogP contribution in [-0.2, 0) is 6.42 Å².